The quantitative estimate of drug-likeness (QED) is 0.550. The van der Waals surface area contributed by atoms with Crippen LogP contribution in [0.4, 0.5) is 0 Å². The van der Waals surface area contributed by atoms with Crippen LogP contribution in [0.2, 0.25) is 0 Å². The Kier molecular flexibility index (Phi) is 8.89. The predicted octanol–water partition coefficient (Wildman–Crippen LogP) is 4.75. The van der Waals surface area contributed by atoms with Gasteiger partial charge in [0.25, 0.3) is 0 Å². The van der Waals surface area contributed by atoms with Gasteiger partial charge in [0.1, 0.15) is 0 Å². The van der Waals surface area contributed by atoms with E-state index in [-0.39, 0.29) is 0 Å². The van der Waals surface area contributed by atoms with E-state index in [9.17, 15) is 0 Å². The molecule has 0 aliphatic heterocycles. The van der Waals surface area contributed by atoms with Crippen LogP contribution in [-0.2, 0) is 0 Å². The Hall–Kier alpha value is -0.780. The van der Waals surface area contributed by atoms with Crippen LogP contribution in [0.25, 0.3) is 0 Å². The largest absolute Gasteiger partial charge is 0.0961 e. The van der Waals surface area contributed by atoms with Gasteiger partial charge >= 0.3 is 0 Å². The molecular formula is C13H24. The van der Waals surface area contributed by atoms with Crippen LogP contribution in [0.3, 0.4) is 0 Å². The van der Waals surface area contributed by atoms with Crippen LogP contribution in [0, 0.1) is 5.92 Å². The molecule has 0 unspecified atom stereocenters. The first kappa shape index (κ1) is 14.7. The molecule has 0 aromatic carbocycles. The van der Waals surface area contributed by atoms with E-state index < -0.39 is 0 Å². The fourth-order valence-electron chi connectivity index (χ4n) is 1.05. The summed E-state index contributed by atoms with van der Waals surface area (Å²) in [6, 6.07) is 0. The molecule has 0 bridgehead atoms. The third kappa shape index (κ3) is 7.58. The van der Waals surface area contributed by atoms with Gasteiger partial charge in [-0.25, -0.2) is 0 Å². The summed E-state index contributed by atoms with van der Waals surface area (Å²) in [4.78, 5) is 0. The lowest BCUT2D eigenvalue weighted by atomic mass is 9.95. The van der Waals surface area contributed by atoms with Crippen molar-refractivity contribution >= 4 is 0 Å². The van der Waals surface area contributed by atoms with E-state index in [1.807, 2.05) is 27.7 Å². The van der Waals surface area contributed by atoms with Crippen molar-refractivity contribution in [3.8, 4) is 0 Å². The minimum atomic E-state index is 0.546. The molecule has 0 nitrogen and oxygen atoms in total. The van der Waals surface area contributed by atoms with E-state index in [1.165, 1.54) is 5.57 Å². The highest BCUT2D eigenvalue weighted by Crippen LogP contribution is 2.18. The fourth-order valence-corrected chi connectivity index (χ4v) is 1.05. The lowest BCUT2D eigenvalue weighted by Crippen LogP contribution is -1.94. The predicted molar refractivity (Wildman–Crippen MR) is 63.9 cm³/mol. The average molecular weight is 180 g/mol. The molecular weight excluding hydrogens is 156 g/mol. The summed E-state index contributed by atoms with van der Waals surface area (Å²) in [6.45, 7) is 20.1. The summed E-state index contributed by atoms with van der Waals surface area (Å²) in [5, 5.41) is 0. The van der Waals surface area contributed by atoms with Crippen molar-refractivity contribution in [1.29, 1.82) is 0 Å². The molecule has 0 spiro atoms. The van der Waals surface area contributed by atoms with Crippen LogP contribution >= 0.6 is 0 Å². The van der Waals surface area contributed by atoms with Gasteiger partial charge in [-0.05, 0) is 25.3 Å². The lowest BCUT2D eigenvalue weighted by molar-refractivity contribution is 0.777. The van der Waals surface area contributed by atoms with Crippen molar-refractivity contribution in [2.75, 3.05) is 0 Å². The van der Waals surface area contributed by atoms with Crippen LogP contribution in [0.15, 0.2) is 36.0 Å². The number of rotatable bonds is 3. The van der Waals surface area contributed by atoms with E-state index in [4.69, 9.17) is 0 Å². The molecule has 0 saturated carbocycles. The lowest BCUT2D eigenvalue weighted by Gasteiger charge is -2.10. The third-order valence-electron chi connectivity index (χ3n) is 1.52. The van der Waals surface area contributed by atoms with E-state index in [2.05, 4.69) is 33.1 Å². The molecule has 0 aliphatic rings. The second-order valence-corrected chi connectivity index (χ2v) is 3.38. The molecule has 0 N–H and O–H groups in total. The Morgan fingerprint density at radius 3 is 1.54 bits per heavy atom. The molecule has 13 heavy (non-hydrogen) atoms. The first-order valence-corrected chi connectivity index (χ1v) is 4.98. The Bertz CT molecular complexity index is 192. The zero-order valence-corrected chi connectivity index (χ0v) is 10.1. The molecule has 0 rings (SSSR count). The first-order valence-electron chi connectivity index (χ1n) is 4.98. The van der Waals surface area contributed by atoms with E-state index >= 15 is 0 Å². The van der Waals surface area contributed by atoms with Crippen molar-refractivity contribution in [2.24, 2.45) is 5.92 Å². The summed E-state index contributed by atoms with van der Waals surface area (Å²) in [5.41, 5.74) is 3.54. The topological polar surface area (TPSA) is 0 Å². The minimum absolute atomic E-state index is 0.546. The number of hydrogen-bond donors (Lipinski definition) is 0. The van der Waals surface area contributed by atoms with Crippen LogP contribution in [-0.4, -0.2) is 0 Å². The highest BCUT2D eigenvalue weighted by atomic mass is 14.1. The molecule has 0 amide bonds. The molecule has 0 fully saturated rings. The van der Waals surface area contributed by atoms with Gasteiger partial charge in [0.15, 0.2) is 0 Å². The Labute approximate surface area is 84.1 Å². The van der Waals surface area contributed by atoms with Gasteiger partial charge in [0, 0.05) is 0 Å². The van der Waals surface area contributed by atoms with Gasteiger partial charge in [0.2, 0.25) is 0 Å². The van der Waals surface area contributed by atoms with Crippen molar-refractivity contribution in [3.05, 3.63) is 36.0 Å². The monoisotopic (exact) mass is 180 g/mol. The maximum absolute atomic E-state index is 3.92. The Balaban J connectivity index is 0. The van der Waals surface area contributed by atoms with E-state index in [0.29, 0.717) is 5.92 Å². The van der Waals surface area contributed by atoms with Crippen LogP contribution < -0.4 is 0 Å². The molecule has 76 valence electrons. The van der Waals surface area contributed by atoms with Crippen molar-refractivity contribution < 1.29 is 0 Å². The molecule has 0 radical (unpaired) electrons. The van der Waals surface area contributed by atoms with Crippen molar-refractivity contribution in [2.45, 2.75) is 41.5 Å². The average Bonchev–Trinajstić information content (AvgIpc) is 2.03. The van der Waals surface area contributed by atoms with Gasteiger partial charge in [-0.15, -0.1) is 0 Å². The first-order chi connectivity index (χ1) is 5.95. The maximum Gasteiger partial charge on any atom is -0.0216 e. The fraction of sp³-hybridized carbons (Fsp3) is 0.538. The highest BCUT2D eigenvalue weighted by Gasteiger charge is 2.02. The summed E-state index contributed by atoms with van der Waals surface area (Å²) in [6.07, 6.45) is 2.10. The van der Waals surface area contributed by atoms with Gasteiger partial charge < -0.3 is 0 Å². The normalized spacial score (nSPS) is 10.5. The molecule has 0 aliphatic carbocycles. The molecule has 0 atom stereocenters. The minimum Gasteiger partial charge on any atom is -0.0961 e. The molecule has 0 heteroatoms. The van der Waals surface area contributed by atoms with Crippen molar-refractivity contribution in [3.63, 3.8) is 0 Å². The SMILES string of the molecule is C=C(C)/C=C(\C(=C)C)C(C)C.CC. The highest BCUT2D eigenvalue weighted by molar-refractivity contribution is 5.33. The standard InChI is InChI=1S/C11H18.C2H6/c1-8(2)7-11(9(3)4)10(5)6;1-2/h7,10H,1,3H2,2,4-6H3;1-2H3/b11-7+;. The van der Waals surface area contributed by atoms with Crippen LogP contribution in [0.1, 0.15) is 41.5 Å². The maximum atomic E-state index is 3.92. The molecule has 0 aromatic heterocycles. The zero-order valence-electron chi connectivity index (χ0n) is 10.1. The summed E-state index contributed by atoms with van der Waals surface area (Å²) in [5.74, 6) is 0.546. The second kappa shape index (κ2) is 7.85. The molecule has 0 heterocycles. The van der Waals surface area contributed by atoms with Gasteiger partial charge in [-0.3, -0.25) is 0 Å². The second-order valence-electron chi connectivity index (χ2n) is 3.38. The molecule has 0 saturated heterocycles. The Morgan fingerprint density at radius 1 is 1.08 bits per heavy atom. The van der Waals surface area contributed by atoms with Crippen LogP contribution in [0.5, 0.6) is 0 Å². The van der Waals surface area contributed by atoms with Gasteiger partial charge in [-0.2, -0.15) is 0 Å². The zero-order chi connectivity index (χ0) is 11.0. The van der Waals surface area contributed by atoms with Crippen molar-refractivity contribution in [1.82, 2.24) is 0 Å². The smallest absolute Gasteiger partial charge is 0.0216 e. The summed E-state index contributed by atoms with van der Waals surface area (Å²) in [7, 11) is 0. The number of hydrogen-bond acceptors (Lipinski definition) is 0. The third-order valence-corrected chi connectivity index (χ3v) is 1.52. The summed E-state index contributed by atoms with van der Waals surface area (Å²) >= 11 is 0. The van der Waals surface area contributed by atoms with E-state index in [1.54, 1.807) is 0 Å². The van der Waals surface area contributed by atoms with Gasteiger partial charge in [-0.1, -0.05) is 58.1 Å². The number of allylic oxidation sites excluding steroid dienone is 4. The summed E-state index contributed by atoms with van der Waals surface area (Å²) < 4.78 is 0. The Morgan fingerprint density at radius 2 is 1.46 bits per heavy atom. The van der Waals surface area contributed by atoms with Gasteiger partial charge in [0.05, 0.1) is 0 Å². The van der Waals surface area contributed by atoms with E-state index in [0.717, 1.165) is 11.1 Å². The molecule has 0 aromatic rings.